The second-order valence-electron chi connectivity index (χ2n) is 17.2. The Kier molecular flexibility index (Phi) is 8.22. The number of nitrogens with zero attached hydrogens (tertiary/aromatic N) is 2. The summed E-state index contributed by atoms with van der Waals surface area (Å²) < 4.78 is 2.53. The Balaban J connectivity index is 1.13. The zero-order chi connectivity index (χ0) is 40.7. The van der Waals surface area contributed by atoms with Crippen molar-refractivity contribution < 1.29 is 0 Å². The Morgan fingerprint density at radius 2 is 0.950 bits per heavy atom. The molecule has 10 aromatic rings. The van der Waals surface area contributed by atoms with Crippen molar-refractivity contribution in [2.75, 3.05) is 4.90 Å². The molecule has 2 nitrogen and oxygen atoms in total. The molecule has 9 aromatic carbocycles. The van der Waals surface area contributed by atoms with Crippen molar-refractivity contribution in [1.82, 2.24) is 4.57 Å². The van der Waals surface area contributed by atoms with E-state index in [-0.39, 0.29) is 5.41 Å². The summed E-state index contributed by atoms with van der Waals surface area (Å²) in [5.74, 6) is 0. The largest absolute Gasteiger partial charge is 0.310 e. The van der Waals surface area contributed by atoms with Crippen LogP contribution in [0.5, 0.6) is 0 Å². The van der Waals surface area contributed by atoms with Crippen LogP contribution in [0.15, 0.2) is 188 Å². The van der Waals surface area contributed by atoms with Gasteiger partial charge < -0.3 is 9.47 Å². The Morgan fingerprint density at radius 1 is 0.400 bits per heavy atom. The van der Waals surface area contributed by atoms with Gasteiger partial charge in [-0.3, -0.25) is 0 Å². The van der Waals surface area contributed by atoms with Crippen LogP contribution in [0.1, 0.15) is 41.7 Å². The Hall–Kier alpha value is -7.16. The molecule has 11 rings (SSSR count). The first-order chi connectivity index (χ1) is 29.2. The highest BCUT2D eigenvalue weighted by atomic mass is 15.1. The van der Waals surface area contributed by atoms with E-state index in [1.807, 2.05) is 0 Å². The third-order valence-electron chi connectivity index (χ3n) is 13.2. The van der Waals surface area contributed by atoms with E-state index in [2.05, 4.69) is 232 Å². The van der Waals surface area contributed by atoms with Gasteiger partial charge in [-0.1, -0.05) is 141 Å². The molecule has 0 aliphatic heterocycles. The van der Waals surface area contributed by atoms with Gasteiger partial charge in [-0.15, -0.1) is 0 Å². The van der Waals surface area contributed by atoms with Gasteiger partial charge in [-0.05, 0) is 149 Å². The normalized spacial score (nSPS) is 12.9. The van der Waals surface area contributed by atoms with E-state index in [4.69, 9.17) is 0 Å². The number of aryl methyl sites for hydroxylation is 3. The predicted octanol–water partition coefficient (Wildman–Crippen LogP) is 16.0. The van der Waals surface area contributed by atoms with Crippen LogP contribution in [0.3, 0.4) is 0 Å². The van der Waals surface area contributed by atoms with Crippen LogP contribution in [0, 0.1) is 20.8 Å². The lowest BCUT2D eigenvalue weighted by atomic mass is 9.81. The Morgan fingerprint density at radius 3 is 1.57 bits per heavy atom. The monoisotopic (exact) mass is 770 g/mol. The number of aromatic nitrogens is 1. The van der Waals surface area contributed by atoms with Crippen LogP contribution in [0.2, 0.25) is 0 Å². The molecule has 0 N–H and O–H groups in total. The smallest absolute Gasteiger partial charge is 0.0544 e. The molecule has 0 spiro atoms. The number of hydrogen-bond donors (Lipinski definition) is 0. The molecular weight excluding hydrogens is 725 g/mol. The molecule has 1 heterocycles. The molecular formula is C58H46N2. The van der Waals surface area contributed by atoms with E-state index in [0.29, 0.717) is 0 Å². The van der Waals surface area contributed by atoms with Crippen molar-refractivity contribution in [3.05, 3.63) is 216 Å². The van der Waals surface area contributed by atoms with E-state index < -0.39 is 0 Å². The molecule has 1 aliphatic rings. The lowest BCUT2D eigenvalue weighted by molar-refractivity contribution is 0.660. The summed E-state index contributed by atoms with van der Waals surface area (Å²) >= 11 is 0. The zero-order valence-corrected chi connectivity index (χ0v) is 34.8. The molecule has 0 radical (unpaired) electrons. The van der Waals surface area contributed by atoms with E-state index in [1.54, 1.807) is 0 Å². The highest BCUT2D eigenvalue weighted by molar-refractivity contribution is 6.14. The quantitative estimate of drug-likeness (QED) is 0.163. The minimum atomic E-state index is -0.263. The molecule has 0 atom stereocenters. The highest BCUT2D eigenvalue weighted by Crippen LogP contribution is 2.54. The molecule has 0 saturated carbocycles. The third kappa shape index (κ3) is 5.62. The molecule has 2 heteroatoms. The summed E-state index contributed by atoms with van der Waals surface area (Å²) in [6.45, 7) is 11.4. The lowest BCUT2D eigenvalue weighted by Crippen LogP contribution is -2.17. The summed E-state index contributed by atoms with van der Waals surface area (Å²) in [5.41, 5.74) is 20.9. The van der Waals surface area contributed by atoms with Gasteiger partial charge in [0.15, 0.2) is 0 Å². The molecule has 0 saturated heterocycles. The van der Waals surface area contributed by atoms with Crippen molar-refractivity contribution in [3.63, 3.8) is 0 Å². The van der Waals surface area contributed by atoms with Gasteiger partial charge in [-0.2, -0.15) is 0 Å². The van der Waals surface area contributed by atoms with Crippen LogP contribution in [0.25, 0.3) is 71.6 Å². The van der Waals surface area contributed by atoms with Gasteiger partial charge >= 0.3 is 0 Å². The average molecular weight is 771 g/mol. The van der Waals surface area contributed by atoms with E-state index >= 15 is 0 Å². The zero-order valence-electron chi connectivity index (χ0n) is 34.8. The van der Waals surface area contributed by atoms with Crippen molar-refractivity contribution in [2.24, 2.45) is 0 Å². The van der Waals surface area contributed by atoms with Crippen molar-refractivity contribution in [3.8, 4) is 39.1 Å². The third-order valence-corrected chi connectivity index (χ3v) is 13.2. The molecule has 0 unspecified atom stereocenters. The van der Waals surface area contributed by atoms with E-state index in [1.165, 1.54) is 105 Å². The van der Waals surface area contributed by atoms with Gasteiger partial charge in [0.1, 0.15) is 0 Å². The van der Waals surface area contributed by atoms with Crippen molar-refractivity contribution in [2.45, 2.75) is 40.0 Å². The fraction of sp³-hybridized carbons (Fsp3) is 0.103. The maximum atomic E-state index is 2.53. The molecule has 0 bridgehead atoms. The minimum absolute atomic E-state index is 0.263. The summed E-state index contributed by atoms with van der Waals surface area (Å²) in [6.07, 6.45) is 0. The lowest BCUT2D eigenvalue weighted by Gasteiger charge is -2.28. The number of anilines is 3. The molecule has 288 valence electrons. The predicted molar refractivity (Wildman–Crippen MR) is 256 cm³/mol. The van der Waals surface area contributed by atoms with Crippen LogP contribution < -0.4 is 4.90 Å². The second kappa shape index (κ2) is 13.7. The van der Waals surface area contributed by atoms with Gasteiger partial charge in [0.25, 0.3) is 0 Å². The SMILES string of the molecule is Cc1ccc(N(c2ccc(C)c(C)c2)c2ccc3c(c2)C(C)(C)c2cc(-n4c5ccc(-c6ccccc6)cc5c5cc(-c6ccccc6)ccc54)c4ccccc4c2-3)cc1. The summed E-state index contributed by atoms with van der Waals surface area (Å²) in [5, 5.41) is 5.04. The van der Waals surface area contributed by atoms with Crippen LogP contribution in [-0.4, -0.2) is 4.57 Å². The summed E-state index contributed by atoms with van der Waals surface area (Å²) in [6, 6.07) is 70.0. The molecule has 1 aromatic heterocycles. The fourth-order valence-corrected chi connectivity index (χ4v) is 9.78. The molecule has 1 aliphatic carbocycles. The molecule has 0 amide bonds. The second-order valence-corrected chi connectivity index (χ2v) is 17.2. The van der Waals surface area contributed by atoms with E-state index in [9.17, 15) is 0 Å². The first kappa shape index (κ1) is 36.0. The van der Waals surface area contributed by atoms with Gasteiger partial charge in [0, 0.05) is 38.6 Å². The summed E-state index contributed by atoms with van der Waals surface area (Å²) in [4.78, 5) is 2.42. The van der Waals surface area contributed by atoms with Gasteiger partial charge in [0.2, 0.25) is 0 Å². The number of hydrogen-bond acceptors (Lipinski definition) is 1. The van der Waals surface area contributed by atoms with Gasteiger partial charge in [0.05, 0.1) is 16.7 Å². The fourth-order valence-electron chi connectivity index (χ4n) is 9.78. The Labute approximate surface area is 352 Å². The Bertz CT molecular complexity index is 3200. The van der Waals surface area contributed by atoms with Crippen LogP contribution in [-0.2, 0) is 5.41 Å². The molecule has 60 heavy (non-hydrogen) atoms. The average Bonchev–Trinajstić information content (AvgIpc) is 3.72. The first-order valence-corrected chi connectivity index (χ1v) is 21.1. The highest BCUT2D eigenvalue weighted by Gasteiger charge is 2.38. The van der Waals surface area contributed by atoms with Crippen LogP contribution in [0.4, 0.5) is 17.1 Å². The van der Waals surface area contributed by atoms with Crippen LogP contribution >= 0.6 is 0 Å². The number of rotatable bonds is 6. The molecule has 0 fully saturated rings. The maximum absolute atomic E-state index is 2.53. The standard InChI is InChI=1S/C58H46N2/c1-37-20-25-44(26-21-37)59(45-27-22-38(2)39(3)32-45)46-28-29-49-52(35-46)58(4,5)53-36-56(47-18-12-13-19-48(47)57(49)53)60-54-30-23-42(40-14-8-6-9-15-40)33-50(54)51-34-43(24-31-55(51)60)41-16-10-7-11-17-41/h6-36H,1-5H3. The van der Waals surface area contributed by atoms with Crippen molar-refractivity contribution >= 4 is 49.6 Å². The van der Waals surface area contributed by atoms with E-state index in [0.717, 1.165) is 11.4 Å². The van der Waals surface area contributed by atoms with Gasteiger partial charge in [-0.25, -0.2) is 0 Å². The minimum Gasteiger partial charge on any atom is -0.310 e. The maximum Gasteiger partial charge on any atom is 0.0544 e. The van der Waals surface area contributed by atoms with Crippen molar-refractivity contribution in [1.29, 1.82) is 0 Å². The summed E-state index contributed by atoms with van der Waals surface area (Å²) in [7, 11) is 0. The first-order valence-electron chi connectivity index (χ1n) is 21.1. The number of benzene rings is 9. The number of fused-ring (bicyclic) bond motifs is 8. The topological polar surface area (TPSA) is 8.17 Å².